The minimum Gasteiger partial charge on any atom is -0.380 e. The summed E-state index contributed by atoms with van der Waals surface area (Å²) in [6, 6.07) is 1.19. The number of hydrogen-bond donors (Lipinski definition) is 1. The van der Waals surface area contributed by atoms with E-state index in [9.17, 15) is 0 Å². The van der Waals surface area contributed by atoms with E-state index in [1.807, 2.05) is 0 Å². The lowest BCUT2D eigenvalue weighted by atomic mass is 10.1. The van der Waals surface area contributed by atoms with Gasteiger partial charge >= 0.3 is 0 Å². The van der Waals surface area contributed by atoms with Crippen LogP contribution in [0.15, 0.2) is 0 Å². The van der Waals surface area contributed by atoms with Crippen LogP contribution in [0.4, 0.5) is 0 Å². The zero-order valence-electron chi connectivity index (χ0n) is 8.88. The molecular weight excluding hydrogens is 182 g/mol. The molecule has 1 N–H and O–H groups in total. The van der Waals surface area contributed by atoms with Gasteiger partial charge in [-0.25, -0.2) is 0 Å². The van der Waals surface area contributed by atoms with Crippen molar-refractivity contribution in [3.8, 4) is 0 Å². The second kappa shape index (κ2) is 5.89. The topological polar surface area (TPSA) is 21.3 Å². The number of methoxy groups -OCH3 is 1. The van der Waals surface area contributed by atoms with Gasteiger partial charge in [-0.15, -0.1) is 0 Å². The van der Waals surface area contributed by atoms with Gasteiger partial charge in [0, 0.05) is 19.2 Å². The first-order valence-corrected chi connectivity index (χ1v) is 6.26. The quantitative estimate of drug-likeness (QED) is 0.754. The van der Waals surface area contributed by atoms with Crippen LogP contribution in [-0.2, 0) is 4.74 Å². The molecule has 0 amide bonds. The molecule has 1 fully saturated rings. The standard InChI is InChI=1S/C10H21NOS/c1-8(9(2)12-3)11-10-4-6-13-7-5-10/h8-11H,4-7H2,1-3H3. The highest BCUT2D eigenvalue weighted by molar-refractivity contribution is 7.99. The predicted octanol–water partition coefficient (Wildman–Crippen LogP) is 1.90. The van der Waals surface area contributed by atoms with E-state index in [1.54, 1.807) is 7.11 Å². The third-order valence-corrected chi connectivity index (χ3v) is 3.84. The lowest BCUT2D eigenvalue weighted by Crippen LogP contribution is -2.44. The van der Waals surface area contributed by atoms with Crippen LogP contribution in [0.3, 0.4) is 0 Å². The number of thioether (sulfide) groups is 1. The summed E-state index contributed by atoms with van der Waals surface area (Å²) in [5.74, 6) is 2.62. The Kier molecular flexibility index (Phi) is 5.14. The molecule has 1 aliphatic rings. The maximum atomic E-state index is 5.29. The van der Waals surface area contributed by atoms with Crippen molar-refractivity contribution in [2.75, 3.05) is 18.6 Å². The van der Waals surface area contributed by atoms with Gasteiger partial charge in [-0.05, 0) is 38.2 Å². The second-order valence-corrected chi connectivity index (χ2v) is 5.01. The smallest absolute Gasteiger partial charge is 0.0693 e. The number of rotatable bonds is 4. The first kappa shape index (κ1) is 11.3. The molecule has 3 heteroatoms. The van der Waals surface area contributed by atoms with Gasteiger partial charge in [-0.2, -0.15) is 11.8 Å². The fourth-order valence-electron chi connectivity index (χ4n) is 1.58. The molecule has 1 aliphatic heterocycles. The molecule has 0 radical (unpaired) electrons. The van der Waals surface area contributed by atoms with Gasteiger partial charge in [0.1, 0.15) is 0 Å². The molecule has 0 spiro atoms. The van der Waals surface area contributed by atoms with Crippen molar-refractivity contribution in [1.29, 1.82) is 0 Å². The van der Waals surface area contributed by atoms with E-state index in [0.29, 0.717) is 18.2 Å². The summed E-state index contributed by atoms with van der Waals surface area (Å²) in [5.41, 5.74) is 0. The van der Waals surface area contributed by atoms with Crippen LogP contribution in [0.25, 0.3) is 0 Å². The van der Waals surface area contributed by atoms with E-state index in [1.165, 1.54) is 24.3 Å². The molecule has 0 aliphatic carbocycles. The Labute approximate surface area is 85.8 Å². The summed E-state index contributed by atoms with van der Waals surface area (Å²) < 4.78 is 5.29. The van der Waals surface area contributed by atoms with Crippen molar-refractivity contribution in [3.05, 3.63) is 0 Å². The van der Waals surface area contributed by atoms with Crippen LogP contribution in [0.5, 0.6) is 0 Å². The summed E-state index contributed by atoms with van der Waals surface area (Å²) in [7, 11) is 1.78. The molecule has 2 unspecified atom stereocenters. The molecule has 1 rings (SSSR count). The Hall–Kier alpha value is 0.270. The summed E-state index contributed by atoms with van der Waals surface area (Å²) in [6.07, 6.45) is 2.94. The van der Waals surface area contributed by atoms with Gasteiger partial charge in [0.2, 0.25) is 0 Å². The largest absolute Gasteiger partial charge is 0.380 e. The summed E-state index contributed by atoms with van der Waals surface area (Å²) in [4.78, 5) is 0. The fourth-order valence-corrected chi connectivity index (χ4v) is 2.68. The van der Waals surface area contributed by atoms with E-state index in [4.69, 9.17) is 4.74 Å². The summed E-state index contributed by atoms with van der Waals surface area (Å²) in [6.45, 7) is 4.32. The molecule has 0 aromatic heterocycles. The van der Waals surface area contributed by atoms with E-state index in [-0.39, 0.29) is 0 Å². The van der Waals surface area contributed by atoms with Crippen molar-refractivity contribution < 1.29 is 4.74 Å². The molecule has 0 saturated carbocycles. The molecule has 2 nitrogen and oxygen atoms in total. The number of ether oxygens (including phenoxy) is 1. The van der Waals surface area contributed by atoms with Crippen LogP contribution < -0.4 is 5.32 Å². The number of hydrogen-bond acceptors (Lipinski definition) is 3. The van der Waals surface area contributed by atoms with Crippen LogP contribution in [0.2, 0.25) is 0 Å². The van der Waals surface area contributed by atoms with E-state index >= 15 is 0 Å². The van der Waals surface area contributed by atoms with Gasteiger partial charge in [0.05, 0.1) is 6.10 Å². The van der Waals surface area contributed by atoms with Gasteiger partial charge in [-0.3, -0.25) is 0 Å². The lowest BCUT2D eigenvalue weighted by Gasteiger charge is -2.28. The van der Waals surface area contributed by atoms with E-state index < -0.39 is 0 Å². The van der Waals surface area contributed by atoms with Crippen LogP contribution in [0, 0.1) is 0 Å². The van der Waals surface area contributed by atoms with Crippen molar-refractivity contribution in [3.63, 3.8) is 0 Å². The molecule has 1 heterocycles. The Bertz CT molecular complexity index is 137. The van der Waals surface area contributed by atoms with Gasteiger partial charge in [0.25, 0.3) is 0 Å². The summed E-state index contributed by atoms with van der Waals surface area (Å²) in [5, 5.41) is 3.63. The molecular formula is C10H21NOS. The van der Waals surface area contributed by atoms with E-state index in [0.717, 1.165) is 0 Å². The van der Waals surface area contributed by atoms with Crippen LogP contribution in [-0.4, -0.2) is 36.8 Å². The van der Waals surface area contributed by atoms with Crippen LogP contribution in [0.1, 0.15) is 26.7 Å². The van der Waals surface area contributed by atoms with Gasteiger partial charge in [0.15, 0.2) is 0 Å². The minimum absolute atomic E-state index is 0.314. The monoisotopic (exact) mass is 203 g/mol. The van der Waals surface area contributed by atoms with Gasteiger partial charge in [-0.1, -0.05) is 0 Å². The minimum atomic E-state index is 0.314. The predicted molar refractivity (Wildman–Crippen MR) is 59.4 cm³/mol. The van der Waals surface area contributed by atoms with Crippen molar-refractivity contribution in [2.24, 2.45) is 0 Å². The zero-order chi connectivity index (χ0) is 9.68. The zero-order valence-corrected chi connectivity index (χ0v) is 9.69. The van der Waals surface area contributed by atoms with Crippen molar-refractivity contribution in [2.45, 2.75) is 44.9 Å². The molecule has 0 aromatic carbocycles. The lowest BCUT2D eigenvalue weighted by molar-refractivity contribution is 0.0839. The normalized spacial score (nSPS) is 24.2. The number of nitrogens with one attached hydrogen (secondary N) is 1. The molecule has 2 atom stereocenters. The third-order valence-electron chi connectivity index (χ3n) is 2.80. The van der Waals surface area contributed by atoms with Crippen LogP contribution >= 0.6 is 11.8 Å². The van der Waals surface area contributed by atoms with Crippen molar-refractivity contribution in [1.82, 2.24) is 5.32 Å². The second-order valence-electron chi connectivity index (χ2n) is 3.78. The molecule has 13 heavy (non-hydrogen) atoms. The maximum Gasteiger partial charge on any atom is 0.0693 e. The highest BCUT2D eigenvalue weighted by Crippen LogP contribution is 2.17. The Balaban J connectivity index is 2.21. The average Bonchev–Trinajstić information content (AvgIpc) is 2.18. The highest BCUT2D eigenvalue weighted by Gasteiger charge is 2.18. The molecule has 0 aromatic rings. The maximum absolute atomic E-state index is 5.29. The Morgan fingerprint density at radius 1 is 1.31 bits per heavy atom. The van der Waals surface area contributed by atoms with Crippen molar-refractivity contribution >= 4 is 11.8 Å². The fraction of sp³-hybridized carbons (Fsp3) is 1.00. The Morgan fingerprint density at radius 3 is 2.46 bits per heavy atom. The molecule has 0 bridgehead atoms. The third kappa shape index (κ3) is 3.88. The first-order valence-electron chi connectivity index (χ1n) is 5.10. The highest BCUT2D eigenvalue weighted by atomic mass is 32.2. The Morgan fingerprint density at radius 2 is 1.92 bits per heavy atom. The van der Waals surface area contributed by atoms with E-state index in [2.05, 4.69) is 30.9 Å². The first-order chi connectivity index (χ1) is 6.24. The molecule has 78 valence electrons. The summed E-state index contributed by atoms with van der Waals surface area (Å²) >= 11 is 2.07. The van der Waals surface area contributed by atoms with Gasteiger partial charge < -0.3 is 10.1 Å². The average molecular weight is 203 g/mol. The molecule has 1 saturated heterocycles. The SMILES string of the molecule is COC(C)C(C)NC1CCSCC1.